The van der Waals surface area contributed by atoms with Gasteiger partial charge in [0.25, 0.3) is 0 Å². The Morgan fingerprint density at radius 2 is 2.00 bits per heavy atom. The van der Waals surface area contributed by atoms with Gasteiger partial charge in [0.05, 0.1) is 12.3 Å². The van der Waals surface area contributed by atoms with Crippen molar-refractivity contribution < 1.29 is 14.3 Å². The van der Waals surface area contributed by atoms with E-state index in [1.165, 1.54) is 0 Å². The average Bonchev–Trinajstić information content (AvgIpc) is 2.70. The van der Waals surface area contributed by atoms with Crippen LogP contribution in [0.1, 0.15) is 49.5 Å². The molecule has 0 radical (unpaired) electrons. The number of thiazole rings is 1. The Morgan fingerprint density at radius 3 is 2.53 bits per heavy atom. The Bertz CT molecular complexity index is 480. The topological polar surface area (TPSA) is 68.3 Å². The fourth-order valence-electron chi connectivity index (χ4n) is 1.26. The summed E-state index contributed by atoms with van der Waals surface area (Å²) in [5.74, 6) is -0.494. The molecule has 0 bridgehead atoms. The van der Waals surface area contributed by atoms with E-state index in [0.717, 1.165) is 17.8 Å². The van der Waals surface area contributed by atoms with Gasteiger partial charge in [0.2, 0.25) is 5.91 Å². The highest BCUT2D eigenvalue weighted by Gasteiger charge is 2.27. The molecule has 5 nitrogen and oxygen atoms in total. The number of nitrogens with zero attached hydrogens (tertiary/aromatic N) is 1. The van der Waals surface area contributed by atoms with E-state index in [9.17, 15) is 9.59 Å². The molecule has 19 heavy (non-hydrogen) atoms. The number of aromatic nitrogens is 1. The first-order valence-corrected chi connectivity index (χ1v) is 7.09. The second kappa shape index (κ2) is 6.14. The van der Waals surface area contributed by atoms with Crippen LogP contribution in [0.25, 0.3) is 0 Å². The van der Waals surface area contributed by atoms with Crippen LogP contribution in [-0.2, 0) is 9.53 Å². The number of carbonyl (C=O) groups is 2. The summed E-state index contributed by atoms with van der Waals surface area (Å²) in [6.07, 6.45) is 0.730. The van der Waals surface area contributed by atoms with Crippen molar-refractivity contribution in [2.45, 2.75) is 41.0 Å². The van der Waals surface area contributed by atoms with Crippen molar-refractivity contribution in [2.24, 2.45) is 5.41 Å². The van der Waals surface area contributed by atoms with Gasteiger partial charge in [-0.3, -0.25) is 4.79 Å². The van der Waals surface area contributed by atoms with Gasteiger partial charge in [-0.1, -0.05) is 32.1 Å². The van der Waals surface area contributed by atoms with Gasteiger partial charge in [-0.25, -0.2) is 9.78 Å². The van der Waals surface area contributed by atoms with Crippen LogP contribution >= 0.6 is 11.3 Å². The van der Waals surface area contributed by atoms with Gasteiger partial charge < -0.3 is 10.1 Å². The first-order valence-electron chi connectivity index (χ1n) is 6.27. The van der Waals surface area contributed by atoms with Gasteiger partial charge in [0, 0.05) is 5.41 Å². The van der Waals surface area contributed by atoms with E-state index in [1.54, 1.807) is 13.8 Å². The number of carbonyl (C=O) groups excluding carboxylic acids is 2. The molecule has 0 aliphatic heterocycles. The normalized spacial score (nSPS) is 11.2. The predicted molar refractivity (Wildman–Crippen MR) is 75.5 cm³/mol. The maximum absolute atomic E-state index is 12.0. The number of hydrogen-bond acceptors (Lipinski definition) is 5. The minimum atomic E-state index is -0.455. The fraction of sp³-hybridized carbons (Fsp3) is 0.615. The van der Waals surface area contributed by atoms with Crippen molar-refractivity contribution in [3.63, 3.8) is 0 Å². The molecule has 1 N–H and O–H groups in total. The molecular weight excluding hydrogens is 264 g/mol. The van der Waals surface area contributed by atoms with E-state index in [-0.39, 0.29) is 5.91 Å². The highest BCUT2D eigenvalue weighted by molar-refractivity contribution is 7.17. The quantitative estimate of drug-likeness (QED) is 0.844. The van der Waals surface area contributed by atoms with E-state index in [1.807, 2.05) is 20.8 Å². The summed E-state index contributed by atoms with van der Waals surface area (Å²) in [6, 6.07) is 0. The molecule has 1 heterocycles. The van der Waals surface area contributed by atoms with Gasteiger partial charge in [0.15, 0.2) is 5.13 Å². The maximum Gasteiger partial charge on any atom is 0.350 e. The summed E-state index contributed by atoms with van der Waals surface area (Å²) in [5, 5.41) is 3.19. The molecule has 0 fully saturated rings. The van der Waals surface area contributed by atoms with E-state index >= 15 is 0 Å². The van der Waals surface area contributed by atoms with Crippen molar-refractivity contribution in [3.05, 3.63) is 10.6 Å². The second-order valence-corrected chi connectivity index (χ2v) is 5.84. The third-order valence-electron chi connectivity index (χ3n) is 2.98. The van der Waals surface area contributed by atoms with Crippen LogP contribution < -0.4 is 5.32 Å². The van der Waals surface area contributed by atoms with E-state index in [0.29, 0.717) is 22.3 Å². The van der Waals surface area contributed by atoms with E-state index < -0.39 is 11.4 Å². The molecular formula is C13H20N2O3S. The largest absolute Gasteiger partial charge is 0.462 e. The molecule has 0 unspecified atom stereocenters. The van der Waals surface area contributed by atoms with Crippen LogP contribution in [0.2, 0.25) is 0 Å². The summed E-state index contributed by atoms with van der Waals surface area (Å²) in [4.78, 5) is 28.3. The zero-order valence-corrected chi connectivity index (χ0v) is 12.8. The lowest BCUT2D eigenvalue weighted by molar-refractivity contribution is -0.124. The SMILES string of the molecule is CCOC(=O)c1sc(NC(=O)C(C)(C)CC)nc1C. The Balaban J connectivity index is 2.85. The van der Waals surface area contributed by atoms with E-state index in [4.69, 9.17) is 4.74 Å². The molecule has 6 heteroatoms. The minimum absolute atomic E-state index is 0.0980. The van der Waals surface area contributed by atoms with Crippen LogP contribution in [-0.4, -0.2) is 23.5 Å². The highest BCUT2D eigenvalue weighted by atomic mass is 32.1. The number of ether oxygens (including phenoxy) is 1. The van der Waals surface area contributed by atoms with Crippen LogP contribution in [0.5, 0.6) is 0 Å². The number of nitrogens with one attached hydrogen (secondary N) is 1. The zero-order valence-electron chi connectivity index (χ0n) is 12.0. The number of aryl methyl sites for hydroxylation is 1. The van der Waals surface area contributed by atoms with Crippen molar-refractivity contribution in [1.29, 1.82) is 0 Å². The Hall–Kier alpha value is -1.43. The predicted octanol–water partition coefficient (Wildman–Crippen LogP) is 3.00. The standard InChI is InChI=1S/C13H20N2O3S/c1-6-13(4,5)11(17)15-12-14-8(3)9(19-12)10(16)18-7-2/h6-7H2,1-5H3,(H,14,15,17). The average molecular weight is 284 g/mol. The van der Waals surface area contributed by atoms with Crippen LogP contribution in [0.15, 0.2) is 0 Å². The highest BCUT2D eigenvalue weighted by Crippen LogP contribution is 2.27. The zero-order chi connectivity index (χ0) is 14.6. The van der Waals surface area contributed by atoms with Gasteiger partial charge in [-0.15, -0.1) is 0 Å². The molecule has 106 valence electrons. The lowest BCUT2D eigenvalue weighted by Crippen LogP contribution is -2.29. The molecule has 1 aromatic rings. The number of hydrogen-bond donors (Lipinski definition) is 1. The van der Waals surface area contributed by atoms with E-state index in [2.05, 4.69) is 10.3 Å². The van der Waals surface area contributed by atoms with Gasteiger partial charge in [-0.05, 0) is 20.3 Å². The molecule has 0 atom stereocenters. The summed E-state index contributed by atoms with van der Waals surface area (Å²) >= 11 is 1.14. The first-order chi connectivity index (χ1) is 8.81. The van der Waals surface area contributed by atoms with Crippen LogP contribution in [0.3, 0.4) is 0 Å². The summed E-state index contributed by atoms with van der Waals surface area (Å²) in [5.41, 5.74) is 0.122. The third kappa shape index (κ3) is 3.76. The van der Waals surface area contributed by atoms with Gasteiger partial charge in [0.1, 0.15) is 4.88 Å². The van der Waals surface area contributed by atoms with Crippen molar-refractivity contribution in [3.8, 4) is 0 Å². The monoisotopic (exact) mass is 284 g/mol. The number of anilines is 1. The summed E-state index contributed by atoms with van der Waals surface area (Å²) < 4.78 is 4.93. The molecule has 1 rings (SSSR count). The Labute approximate surface area is 117 Å². The minimum Gasteiger partial charge on any atom is -0.462 e. The van der Waals surface area contributed by atoms with Crippen molar-refractivity contribution in [1.82, 2.24) is 4.98 Å². The Kier molecular flexibility index (Phi) is 5.05. The van der Waals surface area contributed by atoms with Crippen LogP contribution in [0.4, 0.5) is 5.13 Å². The number of amides is 1. The number of esters is 1. The van der Waals surface area contributed by atoms with Crippen molar-refractivity contribution in [2.75, 3.05) is 11.9 Å². The van der Waals surface area contributed by atoms with Gasteiger partial charge >= 0.3 is 5.97 Å². The fourth-order valence-corrected chi connectivity index (χ4v) is 2.12. The van der Waals surface area contributed by atoms with Gasteiger partial charge in [-0.2, -0.15) is 0 Å². The maximum atomic E-state index is 12.0. The lowest BCUT2D eigenvalue weighted by atomic mass is 9.89. The molecule has 0 aromatic carbocycles. The summed E-state index contributed by atoms with van der Waals surface area (Å²) in [7, 11) is 0. The second-order valence-electron chi connectivity index (χ2n) is 4.85. The molecule has 1 aromatic heterocycles. The molecule has 0 saturated carbocycles. The molecule has 0 aliphatic rings. The number of rotatable bonds is 5. The smallest absolute Gasteiger partial charge is 0.350 e. The van der Waals surface area contributed by atoms with Crippen LogP contribution in [0, 0.1) is 12.3 Å². The first kappa shape index (κ1) is 15.6. The molecule has 1 amide bonds. The third-order valence-corrected chi connectivity index (χ3v) is 4.03. The van der Waals surface area contributed by atoms with Crippen molar-refractivity contribution >= 4 is 28.3 Å². The Morgan fingerprint density at radius 1 is 1.37 bits per heavy atom. The molecule has 0 aliphatic carbocycles. The summed E-state index contributed by atoms with van der Waals surface area (Å²) in [6.45, 7) is 9.49. The lowest BCUT2D eigenvalue weighted by Gasteiger charge is -2.20. The molecule has 0 spiro atoms. The molecule has 0 saturated heterocycles.